The Bertz CT molecular complexity index is 843. The third-order valence-electron chi connectivity index (χ3n) is 8.17. The van der Waals surface area contributed by atoms with Crippen LogP contribution >= 0.6 is 0 Å². The van der Waals surface area contributed by atoms with E-state index < -0.39 is 59.4 Å². The Morgan fingerprint density at radius 2 is 0.882 bits per heavy atom. The lowest BCUT2D eigenvalue weighted by Crippen LogP contribution is -2.36. The first-order valence-corrected chi connectivity index (χ1v) is 12.2. The van der Waals surface area contributed by atoms with Gasteiger partial charge in [0.2, 0.25) is 0 Å². The van der Waals surface area contributed by atoms with Crippen LogP contribution < -0.4 is 0 Å². The Labute approximate surface area is 196 Å². The molecule has 0 N–H and O–H groups in total. The molecule has 10 heteroatoms. The lowest BCUT2D eigenvalue weighted by molar-refractivity contribution is -0.165. The molecule has 2 heterocycles. The summed E-state index contributed by atoms with van der Waals surface area (Å²) in [6.45, 7) is 0. The van der Waals surface area contributed by atoms with Gasteiger partial charge in [-0.1, -0.05) is 0 Å². The van der Waals surface area contributed by atoms with Gasteiger partial charge < -0.3 is 18.9 Å². The van der Waals surface area contributed by atoms with Crippen molar-refractivity contribution in [2.45, 2.75) is 76.4 Å². The Balaban J connectivity index is 1.05. The number of fused-ring (bicyclic) bond motifs is 2. The maximum atomic E-state index is 12.6. The fraction of sp³-hybridized carbons (Fsp3) is 0.750. The molecule has 0 amide bonds. The van der Waals surface area contributed by atoms with E-state index in [0.717, 1.165) is 0 Å². The minimum atomic E-state index is -0.548. The monoisotopic (exact) mass is 476 g/mol. The van der Waals surface area contributed by atoms with E-state index in [4.69, 9.17) is 18.9 Å². The molecule has 6 unspecified atom stereocenters. The molecule has 3 aliphatic carbocycles. The minimum Gasteiger partial charge on any atom is -0.462 e. The highest BCUT2D eigenvalue weighted by atomic mass is 16.6. The number of hydrogen-bond acceptors (Lipinski definition) is 10. The predicted octanol–water partition coefficient (Wildman–Crippen LogP) is 1.62. The summed E-state index contributed by atoms with van der Waals surface area (Å²) in [6.07, 6.45) is 4.19. The molecule has 0 spiro atoms. The third-order valence-corrected chi connectivity index (χ3v) is 8.17. The zero-order valence-electron chi connectivity index (χ0n) is 18.8. The second kappa shape index (κ2) is 9.11. The normalized spacial score (nSPS) is 39.5. The van der Waals surface area contributed by atoms with Crippen LogP contribution in [0.5, 0.6) is 0 Å². The van der Waals surface area contributed by atoms with Gasteiger partial charge in [0.1, 0.15) is 12.2 Å². The van der Waals surface area contributed by atoms with Crippen molar-refractivity contribution in [2.75, 3.05) is 0 Å². The summed E-state index contributed by atoms with van der Waals surface area (Å²) in [5.41, 5.74) is 0. The second-order valence-corrected chi connectivity index (χ2v) is 10.2. The molecule has 5 rings (SSSR count). The van der Waals surface area contributed by atoms with E-state index in [2.05, 4.69) is 0 Å². The molecule has 5 fully saturated rings. The van der Waals surface area contributed by atoms with Gasteiger partial charge in [0.15, 0.2) is 0 Å². The summed E-state index contributed by atoms with van der Waals surface area (Å²) in [5, 5.41) is 0. The summed E-state index contributed by atoms with van der Waals surface area (Å²) in [5.74, 6) is -5.55. The summed E-state index contributed by atoms with van der Waals surface area (Å²) in [4.78, 5) is 72.3. The lowest BCUT2D eigenvalue weighted by Gasteiger charge is -2.32. The topological polar surface area (TPSA) is 139 Å². The zero-order valence-corrected chi connectivity index (χ0v) is 18.8. The number of carbonyl (C=O) groups excluding carboxylic acids is 6. The van der Waals surface area contributed by atoms with Crippen molar-refractivity contribution < 1.29 is 47.7 Å². The first-order valence-electron chi connectivity index (χ1n) is 12.2. The van der Waals surface area contributed by atoms with Crippen LogP contribution in [0.4, 0.5) is 0 Å². The Morgan fingerprint density at radius 1 is 0.529 bits per heavy atom. The molecule has 10 nitrogen and oxygen atoms in total. The fourth-order valence-electron chi connectivity index (χ4n) is 6.14. The van der Waals surface area contributed by atoms with Crippen LogP contribution in [0.2, 0.25) is 0 Å². The van der Waals surface area contributed by atoms with E-state index in [0.29, 0.717) is 51.4 Å². The van der Waals surface area contributed by atoms with Gasteiger partial charge in [-0.3, -0.25) is 28.8 Å². The smallest absolute Gasteiger partial charge is 0.317 e. The van der Waals surface area contributed by atoms with Crippen LogP contribution in [0.15, 0.2) is 0 Å². The van der Waals surface area contributed by atoms with Crippen molar-refractivity contribution >= 4 is 35.8 Å². The molecule has 0 aromatic heterocycles. The van der Waals surface area contributed by atoms with Crippen molar-refractivity contribution in [3.8, 4) is 0 Å². The first kappa shape index (κ1) is 23.0. The standard InChI is InChI=1S/C24H28O10/c25-19(11-1-7-15-17(9-11)23(29)33-21(15)27)31-13-3-5-14(6-4-13)32-20(26)12-2-8-16-18(10-12)24(30)34-22(16)28/h11-18H,1-10H2. The Morgan fingerprint density at radius 3 is 1.26 bits per heavy atom. The summed E-state index contributed by atoms with van der Waals surface area (Å²) < 4.78 is 20.8. The van der Waals surface area contributed by atoms with Crippen molar-refractivity contribution in [1.29, 1.82) is 0 Å². The molecule has 0 radical (unpaired) electrons. The number of rotatable bonds is 4. The average Bonchev–Trinajstić information content (AvgIpc) is 3.28. The summed E-state index contributed by atoms with van der Waals surface area (Å²) in [6, 6.07) is 0. The largest absolute Gasteiger partial charge is 0.462 e. The van der Waals surface area contributed by atoms with Crippen LogP contribution in [-0.4, -0.2) is 48.0 Å². The van der Waals surface area contributed by atoms with Crippen molar-refractivity contribution in [3.63, 3.8) is 0 Å². The summed E-state index contributed by atoms with van der Waals surface area (Å²) in [7, 11) is 0. The third kappa shape index (κ3) is 4.34. The predicted molar refractivity (Wildman–Crippen MR) is 109 cm³/mol. The van der Waals surface area contributed by atoms with Crippen LogP contribution in [0.1, 0.15) is 64.2 Å². The number of carbonyl (C=O) groups is 6. The maximum absolute atomic E-state index is 12.6. The highest BCUT2D eigenvalue weighted by Gasteiger charge is 2.50. The molecule has 5 aliphatic rings. The molecule has 3 saturated carbocycles. The van der Waals surface area contributed by atoms with Gasteiger partial charge in [-0.25, -0.2) is 0 Å². The van der Waals surface area contributed by atoms with E-state index in [1.54, 1.807) is 0 Å². The molecular weight excluding hydrogens is 448 g/mol. The Hall–Kier alpha value is -2.78. The van der Waals surface area contributed by atoms with Gasteiger partial charge in [0.05, 0.1) is 35.5 Å². The number of hydrogen-bond donors (Lipinski definition) is 0. The number of esters is 6. The van der Waals surface area contributed by atoms with Gasteiger partial charge in [0.25, 0.3) is 0 Å². The van der Waals surface area contributed by atoms with Gasteiger partial charge in [-0.05, 0) is 64.2 Å². The van der Waals surface area contributed by atoms with Crippen molar-refractivity contribution in [2.24, 2.45) is 35.5 Å². The average molecular weight is 476 g/mol. The van der Waals surface area contributed by atoms with Gasteiger partial charge in [-0.2, -0.15) is 0 Å². The number of ether oxygens (including phenoxy) is 4. The highest BCUT2D eigenvalue weighted by molar-refractivity contribution is 5.97. The molecule has 184 valence electrons. The van der Waals surface area contributed by atoms with E-state index in [-0.39, 0.29) is 37.0 Å². The summed E-state index contributed by atoms with van der Waals surface area (Å²) >= 11 is 0. The second-order valence-electron chi connectivity index (χ2n) is 10.2. The molecule has 2 saturated heterocycles. The van der Waals surface area contributed by atoms with E-state index in [1.165, 1.54) is 0 Å². The molecule has 0 bridgehead atoms. The first-order chi connectivity index (χ1) is 16.3. The van der Waals surface area contributed by atoms with Crippen LogP contribution in [0.3, 0.4) is 0 Å². The Kier molecular flexibility index (Phi) is 6.16. The van der Waals surface area contributed by atoms with Crippen LogP contribution in [0, 0.1) is 35.5 Å². The van der Waals surface area contributed by atoms with Gasteiger partial charge >= 0.3 is 35.8 Å². The number of cyclic esters (lactones) is 4. The van der Waals surface area contributed by atoms with Crippen LogP contribution in [-0.2, 0) is 47.7 Å². The van der Waals surface area contributed by atoms with Crippen molar-refractivity contribution in [3.05, 3.63) is 0 Å². The molecule has 34 heavy (non-hydrogen) atoms. The van der Waals surface area contributed by atoms with E-state index >= 15 is 0 Å². The van der Waals surface area contributed by atoms with Crippen molar-refractivity contribution in [1.82, 2.24) is 0 Å². The highest BCUT2D eigenvalue weighted by Crippen LogP contribution is 2.41. The fourth-order valence-corrected chi connectivity index (χ4v) is 6.14. The van der Waals surface area contributed by atoms with E-state index in [1.807, 2.05) is 0 Å². The van der Waals surface area contributed by atoms with Gasteiger partial charge in [-0.15, -0.1) is 0 Å². The lowest BCUT2D eigenvalue weighted by atomic mass is 9.75. The quantitative estimate of drug-likeness (QED) is 0.334. The van der Waals surface area contributed by atoms with E-state index in [9.17, 15) is 28.8 Å². The van der Waals surface area contributed by atoms with Crippen LogP contribution in [0.25, 0.3) is 0 Å². The molecule has 0 aromatic rings. The molecule has 2 aliphatic heterocycles. The molecule has 0 aromatic carbocycles. The maximum Gasteiger partial charge on any atom is 0.317 e. The van der Waals surface area contributed by atoms with Gasteiger partial charge in [0, 0.05) is 0 Å². The SMILES string of the molecule is O=C(OC1CCC(OC(=O)C2CCC3C(=O)OC(=O)C3C2)CC1)C1CCC2C(=O)OC(=O)C2C1. The molecular formula is C24H28O10. The molecule has 6 atom stereocenters. The zero-order chi connectivity index (χ0) is 24.0. The minimum absolute atomic E-state index is 0.271.